The van der Waals surface area contributed by atoms with E-state index in [9.17, 15) is 4.79 Å². The van der Waals surface area contributed by atoms with Gasteiger partial charge < -0.3 is 15.4 Å². The van der Waals surface area contributed by atoms with Gasteiger partial charge in [-0.15, -0.1) is 0 Å². The van der Waals surface area contributed by atoms with Crippen LogP contribution in [0.1, 0.15) is 18.9 Å². The van der Waals surface area contributed by atoms with Crippen molar-refractivity contribution in [1.29, 1.82) is 0 Å². The van der Waals surface area contributed by atoms with E-state index in [0.717, 1.165) is 18.7 Å². The van der Waals surface area contributed by atoms with Crippen molar-refractivity contribution in [3.63, 3.8) is 0 Å². The maximum absolute atomic E-state index is 11.1. The number of nitrogens with one attached hydrogen (secondary N) is 2. The van der Waals surface area contributed by atoms with Crippen LogP contribution in [0.25, 0.3) is 0 Å². The number of carbonyl (C=O) groups is 1. The lowest BCUT2D eigenvalue weighted by molar-refractivity contribution is -0.119. The van der Waals surface area contributed by atoms with Crippen molar-refractivity contribution >= 4 is 5.91 Å². The topological polar surface area (TPSA) is 50.4 Å². The van der Waals surface area contributed by atoms with Gasteiger partial charge in [0, 0.05) is 25.0 Å². The van der Waals surface area contributed by atoms with E-state index >= 15 is 0 Å². The van der Waals surface area contributed by atoms with Crippen LogP contribution in [0.2, 0.25) is 0 Å². The molecule has 0 saturated carbocycles. The molecular weight excluding hydrogens is 228 g/mol. The first kappa shape index (κ1) is 12.9. The average Bonchev–Trinajstić information content (AvgIpc) is 2.75. The summed E-state index contributed by atoms with van der Waals surface area (Å²) >= 11 is 0. The van der Waals surface area contributed by atoms with Crippen molar-refractivity contribution in [2.45, 2.75) is 31.8 Å². The Morgan fingerprint density at radius 2 is 2.28 bits per heavy atom. The molecule has 4 heteroatoms. The van der Waals surface area contributed by atoms with Gasteiger partial charge in [-0.2, -0.15) is 0 Å². The van der Waals surface area contributed by atoms with E-state index in [4.69, 9.17) is 4.74 Å². The van der Waals surface area contributed by atoms with E-state index in [2.05, 4.69) is 23.6 Å². The summed E-state index contributed by atoms with van der Waals surface area (Å²) in [5, 5.41) is 6.31. The van der Waals surface area contributed by atoms with Crippen LogP contribution in [-0.4, -0.2) is 31.6 Å². The Hall–Kier alpha value is -1.55. The Balaban J connectivity index is 1.90. The van der Waals surface area contributed by atoms with Gasteiger partial charge in [0.2, 0.25) is 5.91 Å². The summed E-state index contributed by atoms with van der Waals surface area (Å²) in [7, 11) is 1.69. The third kappa shape index (κ3) is 3.23. The zero-order chi connectivity index (χ0) is 13.0. The number of hydrogen-bond donors (Lipinski definition) is 2. The summed E-state index contributed by atoms with van der Waals surface area (Å²) in [6, 6.07) is 8.62. The number of benzene rings is 1. The Labute approximate surface area is 108 Å². The molecule has 1 aliphatic rings. The highest BCUT2D eigenvalue weighted by molar-refractivity contribution is 5.78. The van der Waals surface area contributed by atoms with Crippen molar-refractivity contribution in [2.24, 2.45) is 0 Å². The van der Waals surface area contributed by atoms with Gasteiger partial charge >= 0.3 is 0 Å². The zero-order valence-electron chi connectivity index (χ0n) is 10.9. The summed E-state index contributed by atoms with van der Waals surface area (Å²) in [5.74, 6) is 1.06. The Bertz CT molecular complexity index is 420. The monoisotopic (exact) mass is 248 g/mol. The quantitative estimate of drug-likeness (QED) is 0.820. The van der Waals surface area contributed by atoms with Crippen molar-refractivity contribution in [2.75, 3.05) is 13.7 Å². The third-order valence-corrected chi connectivity index (χ3v) is 3.22. The molecule has 0 bridgehead atoms. The molecule has 2 unspecified atom stereocenters. The standard InChI is InChI=1S/C14H20N2O2/c1-10(16-12-8-14(17)15-9-12)7-11-5-3-4-6-13(11)18-2/h3-6,10,12,16H,7-9H2,1-2H3,(H,15,17). The second kappa shape index (κ2) is 5.87. The average molecular weight is 248 g/mol. The van der Waals surface area contributed by atoms with Gasteiger partial charge in [-0.3, -0.25) is 4.79 Å². The molecule has 1 aromatic carbocycles. The van der Waals surface area contributed by atoms with Gasteiger partial charge in [-0.05, 0) is 25.0 Å². The van der Waals surface area contributed by atoms with Crippen molar-refractivity contribution < 1.29 is 9.53 Å². The minimum absolute atomic E-state index is 0.136. The molecule has 1 amide bonds. The molecular formula is C14H20N2O2. The fraction of sp³-hybridized carbons (Fsp3) is 0.500. The van der Waals surface area contributed by atoms with Crippen LogP contribution >= 0.6 is 0 Å². The van der Waals surface area contributed by atoms with E-state index in [1.807, 2.05) is 18.2 Å². The Morgan fingerprint density at radius 3 is 2.94 bits per heavy atom. The van der Waals surface area contributed by atoms with Crippen molar-refractivity contribution in [1.82, 2.24) is 10.6 Å². The Morgan fingerprint density at radius 1 is 1.50 bits per heavy atom. The van der Waals surface area contributed by atoms with E-state index < -0.39 is 0 Å². The largest absolute Gasteiger partial charge is 0.496 e. The molecule has 2 N–H and O–H groups in total. The molecule has 1 fully saturated rings. The van der Waals surface area contributed by atoms with Crippen LogP contribution in [0.15, 0.2) is 24.3 Å². The lowest BCUT2D eigenvalue weighted by Crippen LogP contribution is -2.39. The van der Waals surface area contributed by atoms with Crippen LogP contribution in [0, 0.1) is 0 Å². The van der Waals surface area contributed by atoms with E-state index in [-0.39, 0.29) is 11.9 Å². The molecule has 0 radical (unpaired) electrons. The lowest BCUT2D eigenvalue weighted by atomic mass is 10.0. The maximum Gasteiger partial charge on any atom is 0.221 e. The highest BCUT2D eigenvalue weighted by atomic mass is 16.5. The van der Waals surface area contributed by atoms with Crippen molar-refractivity contribution in [3.05, 3.63) is 29.8 Å². The number of para-hydroxylation sites is 1. The third-order valence-electron chi connectivity index (χ3n) is 3.22. The van der Waals surface area contributed by atoms with E-state index in [1.54, 1.807) is 7.11 Å². The van der Waals surface area contributed by atoms with Crippen LogP contribution in [0.3, 0.4) is 0 Å². The van der Waals surface area contributed by atoms with E-state index in [0.29, 0.717) is 12.5 Å². The van der Waals surface area contributed by atoms with Crippen LogP contribution < -0.4 is 15.4 Å². The molecule has 18 heavy (non-hydrogen) atoms. The number of ether oxygens (including phenoxy) is 1. The normalized spacial score (nSPS) is 20.6. The molecule has 2 rings (SSSR count). The van der Waals surface area contributed by atoms with Gasteiger partial charge in [0.15, 0.2) is 0 Å². The molecule has 4 nitrogen and oxygen atoms in total. The minimum atomic E-state index is 0.136. The summed E-state index contributed by atoms with van der Waals surface area (Å²) < 4.78 is 5.34. The number of carbonyl (C=O) groups excluding carboxylic acids is 1. The highest BCUT2D eigenvalue weighted by Gasteiger charge is 2.22. The summed E-state index contributed by atoms with van der Waals surface area (Å²) in [4.78, 5) is 11.1. The van der Waals surface area contributed by atoms with E-state index in [1.165, 1.54) is 5.56 Å². The number of rotatable bonds is 5. The molecule has 1 heterocycles. The van der Waals surface area contributed by atoms with Gasteiger partial charge in [-0.25, -0.2) is 0 Å². The fourth-order valence-corrected chi connectivity index (χ4v) is 2.39. The summed E-state index contributed by atoms with van der Waals surface area (Å²) in [6.45, 7) is 2.87. The van der Waals surface area contributed by atoms with Gasteiger partial charge in [0.25, 0.3) is 0 Å². The zero-order valence-corrected chi connectivity index (χ0v) is 10.9. The van der Waals surface area contributed by atoms with Crippen LogP contribution in [-0.2, 0) is 11.2 Å². The van der Waals surface area contributed by atoms with Gasteiger partial charge in [0.1, 0.15) is 5.75 Å². The fourth-order valence-electron chi connectivity index (χ4n) is 2.39. The predicted molar refractivity (Wildman–Crippen MR) is 70.7 cm³/mol. The summed E-state index contributed by atoms with van der Waals surface area (Å²) in [5.41, 5.74) is 1.19. The molecule has 1 aromatic rings. The molecule has 1 saturated heterocycles. The van der Waals surface area contributed by atoms with Gasteiger partial charge in [-0.1, -0.05) is 18.2 Å². The summed E-state index contributed by atoms with van der Waals surface area (Å²) in [6.07, 6.45) is 1.48. The second-order valence-corrected chi connectivity index (χ2v) is 4.79. The molecule has 0 aliphatic carbocycles. The molecule has 2 atom stereocenters. The van der Waals surface area contributed by atoms with Crippen molar-refractivity contribution in [3.8, 4) is 5.75 Å². The number of hydrogen-bond acceptors (Lipinski definition) is 3. The highest BCUT2D eigenvalue weighted by Crippen LogP contribution is 2.19. The SMILES string of the molecule is COc1ccccc1CC(C)NC1CNC(=O)C1. The Kier molecular flexibility index (Phi) is 4.20. The molecule has 98 valence electrons. The second-order valence-electron chi connectivity index (χ2n) is 4.79. The lowest BCUT2D eigenvalue weighted by Gasteiger charge is -2.19. The van der Waals surface area contributed by atoms with Gasteiger partial charge in [0.05, 0.1) is 7.11 Å². The molecule has 0 spiro atoms. The first-order valence-electron chi connectivity index (χ1n) is 6.33. The first-order valence-corrected chi connectivity index (χ1v) is 6.33. The minimum Gasteiger partial charge on any atom is -0.496 e. The molecule has 1 aliphatic heterocycles. The number of amides is 1. The maximum atomic E-state index is 11.1. The smallest absolute Gasteiger partial charge is 0.221 e. The molecule has 0 aromatic heterocycles. The first-order chi connectivity index (χ1) is 8.69. The van der Waals surface area contributed by atoms with Crippen LogP contribution in [0.4, 0.5) is 0 Å². The van der Waals surface area contributed by atoms with Crippen LogP contribution in [0.5, 0.6) is 5.75 Å². The number of methoxy groups -OCH3 is 1. The predicted octanol–water partition coefficient (Wildman–Crippen LogP) is 1.10.